The van der Waals surface area contributed by atoms with Crippen LogP contribution in [0.2, 0.25) is 0 Å². The Morgan fingerprint density at radius 2 is 2.05 bits per heavy atom. The fourth-order valence-corrected chi connectivity index (χ4v) is 2.42. The lowest BCUT2D eigenvalue weighted by Crippen LogP contribution is -2.30. The maximum Gasteiger partial charge on any atom is 0.329 e. The zero-order valence-corrected chi connectivity index (χ0v) is 13.4. The lowest BCUT2D eigenvalue weighted by molar-refractivity contribution is -0.122. The number of hydrogen-bond donors (Lipinski definition) is 1. The summed E-state index contributed by atoms with van der Waals surface area (Å²) < 4.78 is 6.21. The number of carbonyl (C=O) groups excluding carboxylic acids is 2. The second kappa shape index (κ2) is 7.09. The summed E-state index contributed by atoms with van der Waals surface area (Å²) in [5, 5.41) is 2.55. The molecule has 0 unspecified atom stereocenters. The van der Waals surface area contributed by atoms with E-state index in [1.54, 1.807) is 30.4 Å². The molecular weight excluding hydrogens is 348 g/mol. The number of nitrogens with one attached hydrogen (secondary N) is 1. The summed E-state index contributed by atoms with van der Waals surface area (Å²) >= 11 is 3.41. The Morgan fingerprint density at radius 1 is 1.27 bits per heavy atom. The van der Waals surface area contributed by atoms with E-state index >= 15 is 0 Å². The fraction of sp³-hybridized carbons (Fsp3) is 0.125. The molecule has 0 radical (unpaired) electrons. The van der Waals surface area contributed by atoms with Crippen LogP contribution in [-0.4, -0.2) is 30.0 Å². The summed E-state index contributed by atoms with van der Waals surface area (Å²) in [5.41, 5.74) is 1.00. The number of rotatable bonds is 6. The first-order chi connectivity index (χ1) is 10.6. The van der Waals surface area contributed by atoms with Crippen LogP contribution in [0.15, 0.2) is 53.7 Å². The number of halogens is 1. The van der Waals surface area contributed by atoms with Crippen molar-refractivity contribution in [3.05, 3.63) is 59.2 Å². The van der Waals surface area contributed by atoms with Gasteiger partial charge in [0.25, 0.3) is 5.91 Å². The molecule has 0 aromatic heterocycles. The van der Waals surface area contributed by atoms with Gasteiger partial charge in [0, 0.05) is 6.54 Å². The van der Waals surface area contributed by atoms with Crippen molar-refractivity contribution >= 4 is 33.9 Å². The van der Waals surface area contributed by atoms with Crippen molar-refractivity contribution in [1.82, 2.24) is 10.2 Å². The van der Waals surface area contributed by atoms with Gasteiger partial charge in [0.2, 0.25) is 0 Å². The van der Waals surface area contributed by atoms with E-state index < -0.39 is 6.03 Å². The third-order valence-electron chi connectivity index (χ3n) is 2.90. The SMILES string of the molecule is C=CCOc1ccc(/C=C2/NC(=O)N(CC=C)C2=O)cc1Br. The highest BCUT2D eigenvalue weighted by atomic mass is 79.9. The molecule has 1 fully saturated rings. The van der Waals surface area contributed by atoms with Crippen LogP contribution in [-0.2, 0) is 4.79 Å². The first-order valence-corrected chi connectivity index (χ1v) is 7.34. The minimum Gasteiger partial charge on any atom is -0.488 e. The van der Waals surface area contributed by atoms with Gasteiger partial charge in [0.1, 0.15) is 18.1 Å². The molecule has 3 amide bonds. The molecule has 1 saturated heterocycles. The molecule has 1 aromatic rings. The van der Waals surface area contributed by atoms with Gasteiger partial charge >= 0.3 is 6.03 Å². The average Bonchev–Trinajstić information content (AvgIpc) is 2.74. The van der Waals surface area contributed by atoms with Crippen LogP contribution < -0.4 is 10.1 Å². The molecule has 5 nitrogen and oxygen atoms in total. The molecule has 6 heteroatoms. The molecule has 2 rings (SSSR count). The Kier molecular flexibility index (Phi) is 5.16. The van der Waals surface area contributed by atoms with Gasteiger partial charge in [-0.05, 0) is 39.7 Å². The molecule has 114 valence electrons. The van der Waals surface area contributed by atoms with Crippen molar-refractivity contribution in [1.29, 1.82) is 0 Å². The van der Waals surface area contributed by atoms with Gasteiger partial charge in [-0.3, -0.25) is 9.69 Å². The monoisotopic (exact) mass is 362 g/mol. The molecule has 1 N–H and O–H groups in total. The third kappa shape index (κ3) is 3.46. The molecule has 1 aliphatic rings. The van der Waals surface area contributed by atoms with E-state index in [1.165, 1.54) is 6.08 Å². The highest BCUT2D eigenvalue weighted by Gasteiger charge is 2.32. The van der Waals surface area contributed by atoms with E-state index in [-0.39, 0.29) is 18.1 Å². The molecule has 1 heterocycles. The van der Waals surface area contributed by atoms with E-state index in [0.717, 1.165) is 14.9 Å². The van der Waals surface area contributed by atoms with Crippen LogP contribution in [0.3, 0.4) is 0 Å². The van der Waals surface area contributed by atoms with E-state index in [0.29, 0.717) is 12.4 Å². The van der Waals surface area contributed by atoms with Gasteiger partial charge < -0.3 is 10.1 Å². The number of imide groups is 1. The highest BCUT2D eigenvalue weighted by molar-refractivity contribution is 9.10. The van der Waals surface area contributed by atoms with Crippen LogP contribution >= 0.6 is 15.9 Å². The first-order valence-electron chi connectivity index (χ1n) is 6.55. The van der Waals surface area contributed by atoms with Crippen LogP contribution in [0.1, 0.15) is 5.56 Å². The molecule has 22 heavy (non-hydrogen) atoms. The maximum absolute atomic E-state index is 12.1. The highest BCUT2D eigenvalue weighted by Crippen LogP contribution is 2.27. The van der Waals surface area contributed by atoms with E-state index in [2.05, 4.69) is 34.4 Å². The quantitative estimate of drug-likeness (QED) is 0.480. The Morgan fingerprint density at radius 3 is 2.68 bits per heavy atom. The summed E-state index contributed by atoms with van der Waals surface area (Å²) in [6.45, 7) is 7.70. The molecular formula is C16H15BrN2O3. The van der Waals surface area contributed by atoms with Crippen molar-refractivity contribution < 1.29 is 14.3 Å². The Balaban J connectivity index is 2.21. The van der Waals surface area contributed by atoms with Gasteiger partial charge in [-0.15, -0.1) is 6.58 Å². The summed E-state index contributed by atoms with van der Waals surface area (Å²) in [5.74, 6) is 0.310. The topological polar surface area (TPSA) is 58.6 Å². The van der Waals surface area contributed by atoms with Gasteiger partial charge in [-0.1, -0.05) is 24.8 Å². The smallest absolute Gasteiger partial charge is 0.329 e. The lowest BCUT2D eigenvalue weighted by Gasteiger charge is -2.07. The minimum absolute atomic E-state index is 0.181. The summed E-state index contributed by atoms with van der Waals surface area (Å²) in [6, 6.07) is 4.94. The van der Waals surface area contributed by atoms with Crippen molar-refractivity contribution in [3.8, 4) is 5.75 Å². The molecule has 0 aliphatic carbocycles. The normalized spacial score (nSPS) is 15.9. The summed E-state index contributed by atoms with van der Waals surface area (Å²) in [4.78, 5) is 24.9. The summed E-state index contributed by atoms with van der Waals surface area (Å²) in [7, 11) is 0. The van der Waals surface area contributed by atoms with Gasteiger partial charge in [-0.2, -0.15) is 0 Å². The molecule has 0 spiro atoms. The van der Waals surface area contributed by atoms with E-state index in [4.69, 9.17) is 4.74 Å². The molecule has 0 bridgehead atoms. The fourth-order valence-electron chi connectivity index (χ4n) is 1.91. The third-order valence-corrected chi connectivity index (χ3v) is 3.52. The first kappa shape index (κ1) is 16.0. The zero-order valence-electron chi connectivity index (χ0n) is 11.8. The Labute approximate surface area is 137 Å². The van der Waals surface area contributed by atoms with E-state index in [9.17, 15) is 9.59 Å². The Hall–Kier alpha value is -2.34. The van der Waals surface area contributed by atoms with Crippen molar-refractivity contribution in [2.75, 3.05) is 13.2 Å². The number of amides is 3. The number of carbonyl (C=O) groups is 2. The summed E-state index contributed by atoms with van der Waals surface area (Å²) in [6.07, 6.45) is 4.78. The number of ether oxygens (including phenoxy) is 1. The molecule has 1 aromatic carbocycles. The predicted octanol–water partition coefficient (Wildman–Crippen LogP) is 3.09. The predicted molar refractivity (Wildman–Crippen MR) is 88.3 cm³/mol. The lowest BCUT2D eigenvalue weighted by atomic mass is 10.2. The number of urea groups is 1. The number of hydrogen-bond acceptors (Lipinski definition) is 3. The zero-order chi connectivity index (χ0) is 16.1. The van der Waals surface area contributed by atoms with Crippen LogP contribution in [0.4, 0.5) is 4.79 Å². The van der Waals surface area contributed by atoms with Crippen LogP contribution in [0, 0.1) is 0 Å². The maximum atomic E-state index is 12.1. The molecule has 1 aliphatic heterocycles. The van der Waals surface area contributed by atoms with Gasteiger partial charge in [-0.25, -0.2) is 4.79 Å². The average molecular weight is 363 g/mol. The van der Waals surface area contributed by atoms with Gasteiger partial charge in [0.15, 0.2) is 0 Å². The number of benzene rings is 1. The number of nitrogens with zero attached hydrogens (tertiary/aromatic N) is 1. The largest absolute Gasteiger partial charge is 0.488 e. The van der Waals surface area contributed by atoms with Crippen molar-refractivity contribution in [3.63, 3.8) is 0 Å². The van der Waals surface area contributed by atoms with Gasteiger partial charge in [0.05, 0.1) is 4.47 Å². The van der Waals surface area contributed by atoms with Crippen molar-refractivity contribution in [2.45, 2.75) is 0 Å². The molecule has 0 atom stereocenters. The van der Waals surface area contributed by atoms with E-state index in [1.807, 2.05) is 0 Å². The Bertz CT molecular complexity index is 667. The second-order valence-electron chi connectivity index (χ2n) is 4.48. The van der Waals surface area contributed by atoms with Crippen molar-refractivity contribution in [2.24, 2.45) is 0 Å². The van der Waals surface area contributed by atoms with Crippen LogP contribution in [0.5, 0.6) is 5.75 Å². The minimum atomic E-state index is -0.443. The molecule has 0 saturated carbocycles. The van der Waals surface area contributed by atoms with Crippen LogP contribution in [0.25, 0.3) is 6.08 Å². The second-order valence-corrected chi connectivity index (χ2v) is 5.34. The standard InChI is InChI=1S/C16H15BrN2O3/c1-3-7-19-15(20)13(18-16(19)21)10-11-5-6-14(12(17)9-11)22-8-4-2/h3-6,9-10H,1-2,7-8H2,(H,18,21)/b13-10+.